The van der Waals surface area contributed by atoms with Gasteiger partial charge in [0.2, 0.25) is 0 Å². The van der Waals surface area contributed by atoms with E-state index in [4.69, 9.17) is 27.9 Å². The molecule has 0 saturated heterocycles. The fraction of sp³-hybridized carbons (Fsp3) is 0.214. The molecule has 0 unspecified atom stereocenters. The molecular weight excluding hydrogens is 317 g/mol. The molecule has 1 aromatic heterocycles. The zero-order valence-electron chi connectivity index (χ0n) is 10.7. The van der Waals surface area contributed by atoms with Crippen LogP contribution in [0.1, 0.15) is 21.3 Å². The summed E-state index contributed by atoms with van der Waals surface area (Å²) < 4.78 is 6.06. The van der Waals surface area contributed by atoms with Crippen LogP contribution in [0.3, 0.4) is 0 Å². The number of rotatable bonds is 5. The number of nitrogens with one attached hydrogen (secondary N) is 1. The molecule has 1 heterocycles. The summed E-state index contributed by atoms with van der Waals surface area (Å²) in [5, 5.41) is 3.24. The number of hydrogen-bond acceptors (Lipinski definition) is 3. The van der Waals surface area contributed by atoms with Crippen molar-refractivity contribution < 1.29 is 9.53 Å². The van der Waals surface area contributed by atoms with Crippen LogP contribution in [0.25, 0.3) is 0 Å². The largest absolute Gasteiger partial charge is 0.374 e. The standard InChI is InChI=1S/C14H13Cl2NO2S/c1-19-11(12-6-7-13(16)20-12)8-17-14(18)9-4-2-3-5-10(9)15/h2-7,11H,8H2,1H3,(H,17,18)/t11-/m0/s1. The summed E-state index contributed by atoms with van der Waals surface area (Å²) in [6.45, 7) is 0.359. The molecule has 1 amide bonds. The third-order valence-electron chi connectivity index (χ3n) is 2.76. The normalized spacial score (nSPS) is 12.2. The molecule has 2 rings (SSSR count). The van der Waals surface area contributed by atoms with Gasteiger partial charge < -0.3 is 10.1 Å². The highest BCUT2D eigenvalue weighted by molar-refractivity contribution is 7.16. The van der Waals surface area contributed by atoms with Gasteiger partial charge in [-0.1, -0.05) is 35.3 Å². The minimum absolute atomic E-state index is 0.222. The van der Waals surface area contributed by atoms with E-state index in [1.165, 1.54) is 11.3 Å². The minimum Gasteiger partial charge on any atom is -0.374 e. The second kappa shape index (κ2) is 7.09. The van der Waals surface area contributed by atoms with Gasteiger partial charge in [0.25, 0.3) is 5.91 Å². The molecule has 1 aromatic carbocycles. The van der Waals surface area contributed by atoms with E-state index < -0.39 is 0 Å². The van der Waals surface area contributed by atoms with Gasteiger partial charge in [0.05, 0.1) is 14.9 Å². The lowest BCUT2D eigenvalue weighted by Crippen LogP contribution is -2.29. The molecule has 0 aliphatic heterocycles. The van der Waals surface area contributed by atoms with Crippen molar-refractivity contribution in [3.8, 4) is 0 Å². The first-order valence-corrected chi connectivity index (χ1v) is 7.50. The van der Waals surface area contributed by atoms with Crippen LogP contribution in [0.15, 0.2) is 36.4 Å². The van der Waals surface area contributed by atoms with Gasteiger partial charge in [0, 0.05) is 18.5 Å². The summed E-state index contributed by atoms with van der Waals surface area (Å²) in [6, 6.07) is 10.6. The number of methoxy groups -OCH3 is 1. The highest BCUT2D eigenvalue weighted by Gasteiger charge is 2.16. The maximum absolute atomic E-state index is 12.0. The highest BCUT2D eigenvalue weighted by atomic mass is 35.5. The molecule has 0 bridgehead atoms. The van der Waals surface area contributed by atoms with E-state index in [9.17, 15) is 4.79 Å². The Morgan fingerprint density at radius 1 is 1.30 bits per heavy atom. The molecule has 6 heteroatoms. The zero-order chi connectivity index (χ0) is 14.5. The predicted octanol–water partition coefficient (Wildman–Crippen LogP) is 4.17. The number of thiophene rings is 1. The van der Waals surface area contributed by atoms with Crippen LogP contribution in [0, 0.1) is 0 Å². The van der Waals surface area contributed by atoms with E-state index in [1.54, 1.807) is 31.4 Å². The van der Waals surface area contributed by atoms with E-state index in [1.807, 2.05) is 12.1 Å². The van der Waals surface area contributed by atoms with Crippen molar-refractivity contribution in [2.24, 2.45) is 0 Å². The van der Waals surface area contributed by atoms with E-state index >= 15 is 0 Å². The molecular formula is C14H13Cl2NO2S. The topological polar surface area (TPSA) is 38.3 Å². The Kier molecular flexibility index (Phi) is 5.43. The third kappa shape index (κ3) is 3.73. The van der Waals surface area contributed by atoms with Crippen LogP contribution in [0.5, 0.6) is 0 Å². The SMILES string of the molecule is CO[C@@H](CNC(=O)c1ccccc1Cl)c1ccc(Cl)s1. The van der Waals surface area contributed by atoms with Gasteiger partial charge in [-0.3, -0.25) is 4.79 Å². The molecule has 1 atom stereocenters. The predicted molar refractivity (Wildman–Crippen MR) is 82.9 cm³/mol. The molecule has 1 N–H and O–H groups in total. The summed E-state index contributed by atoms with van der Waals surface area (Å²) in [4.78, 5) is 13.0. The maximum atomic E-state index is 12.0. The van der Waals surface area contributed by atoms with Crippen molar-refractivity contribution >= 4 is 40.4 Å². The molecule has 0 saturated carbocycles. The van der Waals surface area contributed by atoms with Crippen LogP contribution in [-0.4, -0.2) is 19.6 Å². The van der Waals surface area contributed by atoms with E-state index in [0.717, 1.165) is 4.88 Å². The van der Waals surface area contributed by atoms with E-state index in [0.29, 0.717) is 21.5 Å². The van der Waals surface area contributed by atoms with Crippen molar-refractivity contribution in [1.82, 2.24) is 5.32 Å². The summed E-state index contributed by atoms with van der Waals surface area (Å²) >= 11 is 13.3. The van der Waals surface area contributed by atoms with Gasteiger partial charge in [-0.25, -0.2) is 0 Å². The monoisotopic (exact) mass is 329 g/mol. The van der Waals surface area contributed by atoms with Gasteiger partial charge in [0.15, 0.2) is 0 Å². The minimum atomic E-state index is -0.223. The van der Waals surface area contributed by atoms with Crippen molar-refractivity contribution in [2.75, 3.05) is 13.7 Å². The van der Waals surface area contributed by atoms with Gasteiger partial charge in [-0.15, -0.1) is 11.3 Å². The summed E-state index contributed by atoms with van der Waals surface area (Å²) in [5.41, 5.74) is 0.452. The van der Waals surface area contributed by atoms with Crippen LogP contribution in [-0.2, 0) is 4.74 Å². The second-order valence-corrected chi connectivity index (χ2v) is 6.21. The molecule has 0 fully saturated rings. The van der Waals surface area contributed by atoms with Crippen LogP contribution < -0.4 is 5.32 Å². The number of carbonyl (C=O) groups excluding carboxylic acids is 1. The van der Waals surface area contributed by atoms with Crippen LogP contribution in [0.4, 0.5) is 0 Å². The third-order valence-corrected chi connectivity index (χ3v) is 4.42. The summed E-state index contributed by atoms with van der Waals surface area (Å²) in [5.74, 6) is -0.222. The van der Waals surface area contributed by atoms with Crippen molar-refractivity contribution in [3.63, 3.8) is 0 Å². The lowest BCUT2D eigenvalue weighted by atomic mass is 10.2. The molecule has 2 aromatic rings. The molecule has 0 spiro atoms. The highest BCUT2D eigenvalue weighted by Crippen LogP contribution is 2.28. The maximum Gasteiger partial charge on any atom is 0.252 e. The number of carbonyl (C=O) groups is 1. The Bertz CT molecular complexity index is 600. The lowest BCUT2D eigenvalue weighted by molar-refractivity contribution is 0.0838. The van der Waals surface area contributed by atoms with E-state index in [2.05, 4.69) is 5.32 Å². The summed E-state index contributed by atoms with van der Waals surface area (Å²) in [6.07, 6.45) is -0.223. The molecule has 3 nitrogen and oxygen atoms in total. The smallest absolute Gasteiger partial charge is 0.252 e. The Morgan fingerprint density at radius 3 is 2.65 bits per heavy atom. The Labute approximate surface area is 131 Å². The number of ether oxygens (including phenoxy) is 1. The molecule has 0 aliphatic rings. The second-order valence-electron chi connectivity index (χ2n) is 4.06. The molecule has 106 valence electrons. The first-order chi connectivity index (χ1) is 9.61. The molecule has 0 aliphatic carbocycles. The summed E-state index contributed by atoms with van der Waals surface area (Å²) in [7, 11) is 1.60. The Balaban J connectivity index is 2.00. The fourth-order valence-corrected chi connectivity index (χ4v) is 3.09. The van der Waals surface area contributed by atoms with Crippen LogP contribution >= 0.6 is 34.5 Å². The lowest BCUT2D eigenvalue weighted by Gasteiger charge is -2.15. The van der Waals surface area contributed by atoms with Gasteiger partial charge >= 0.3 is 0 Å². The van der Waals surface area contributed by atoms with Gasteiger partial charge in [0.1, 0.15) is 6.10 Å². The number of benzene rings is 1. The average molecular weight is 330 g/mol. The number of hydrogen-bond donors (Lipinski definition) is 1. The van der Waals surface area contributed by atoms with E-state index in [-0.39, 0.29) is 12.0 Å². The number of halogens is 2. The van der Waals surface area contributed by atoms with Crippen LogP contribution in [0.2, 0.25) is 9.36 Å². The van der Waals surface area contributed by atoms with Crippen molar-refractivity contribution in [1.29, 1.82) is 0 Å². The Morgan fingerprint density at radius 2 is 2.05 bits per heavy atom. The zero-order valence-corrected chi connectivity index (χ0v) is 13.1. The first kappa shape index (κ1) is 15.3. The quantitative estimate of drug-likeness (QED) is 0.893. The number of amides is 1. The van der Waals surface area contributed by atoms with Gasteiger partial charge in [-0.2, -0.15) is 0 Å². The first-order valence-electron chi connectivity index (χ1n) is 5.92. The van der Waals surface area contributed by atoms with Gasteiger partial charge in [-0.05, 0) is 24.3 Å². The fourth-order valence-electron chi connectivity index (χ4n) is 1.73. The van der Waals surface area contributed by atoms with Crippen molar-refractivity contribution in [3.05, 3.63) is 56.2 Å². The molecule has 0 radical (unpaired) electrons. The Hall–Kier alpha value is -1.07. The van der Waals surface area contributed by atoms with Crippen molar-refractivity contribution in [2.45, 2.75) is 6.10 Å². The average Bonchev–Trinajstić information content (AvgIpc) is 2.86. The molecule has 20 heavy (non-hydrogen) atoms.